The summed E-state index contributed by atoms with van der Waals surface area (Å²) in [5.74, 6) is 0.815. The fourth-order valence-electron chi connectivity index (χ4n) is 2.71. The number of rotatable bonds is 6. The van der Waals surface area contributed by atoms with Crippen LogP contribution < -0.4 is 5.32 Å². The minimum Gasteiger partial charge on any atom is -0.315 e. The number of hydrogen-bond acceptors (Lipinski definition) is 3. The third kappa shape index (κ3) is 4.47. The second kappa shape index (κ2) is 7.43. The molecule has 1 N–H and O–H groups in total. The molecule has 0 spiro atoms. The van der Waals surface area contributed by atoms with Gasteiger partial charge in [0.15, 0.2) is 9.84 Å². The van der Waals surface area contributed by atoms with Crippen LogP contribution in [0.1, 0.15) is 32.1 Å². The number of benzene rings is 1. The van der Waals surface area contributed by atoms with Crippen LogP contribution in [0.2, 0.25) is 5.02 Å². The lowest BCUT2D eigenvalue weighted by Gasteiger charge is -2.21. The molecule has 0 saturated heterocycles. The van der Waals surface area contributed by atoms with E-state index in [0.29, 0.717) is 17.5 Å². The highest BCUT2D eigenvalue weighted by Gasteiger charge is 2.18. The lowest BCUT2D eigenvalue weighted by molar-refractivity contribution is 0.345. The van der Waals surface area contributed by atoms with Crippen molar-refractivity contribution in [2.75, 3.05) is 18.8 Å². The number of halogens is 1. The summed E-state index contributed by atoms with van der Waals surface area (Å²) >= 11 is 5.94. The van der Waals surface area contributed by atoms with E-state index in [2.05, 4.69) is 5.32 Å². The molecular formula is C15H22ClNO2S. The zero-order valence-corrected chi connectivity index (χ0v) is 13.2. The number of sulfone groups is 1. The van der Waals surface area contributed by atoms with Crippen molar-refractivity contribution in [3.8, 4) is 0 Å². The highest BCUT2D eigenvalue weighted by Crippen LogP contribution is 2.23. The Balaban J connectivity index is 1.79. The van der Waals surface area contributed by atoms with Crippen molar-refractivity contribution in [3.63, 3.8) is 0 Å². The molecule has 5 heteroatoms. The van der Waals surface area contributed by atoms with Gasteiger partial charge in [-0.2, -0.15) is 0 Å². The lowest BCUT2D eigenvalue weighted by Crippen LogP contribution is -2.29. The summed E-state index contributed by atoms with van der Waals surface area (Å²) < 4.78 is 24.4. The van der Waals surface area contributed by atoms with Crippen molar-refractivity contribution < 1.29 is 8.42 Å². The van der Waals surface area contributed by atoms with E-state index in [1.807, 2.05) is 0 Å². The molecule has 0 radical (unpaired) electrons. The Labute approximate surface area is 126 Å². The van der Waals surface area contributed by atoms with Crippen LogP contribution in [0, 0.1) is 5.92 Å². The van der Waals surface area contributed by atoms with Gasteiger partial charge in [-0.05, 0) is 37.4 Å². The SMILES string of the molecule is O=S(=O)(CCNCC1CCCCC1)c1ccccc1Cl. The van der Waals surface area contributed by atoms with Crippen LogP contribution in [0.4, 0.5) is 0 Å². The van der Waals surface area contributed by atoms with Gasteiger partial charge in [0.05, 0.1) is 15.7 Å². The van der Waals surface area contributed by atoms with Crippen molar-refractivity contribution in [2.45, 2.75) is 37.0 Å². The van der Waals surface area contributed by atoms with Crippen LogP contribution in [-0.4, -0.2) is 27.3 Å². The summed E-state index contributed by atoms with van der Waals surface area (Å²) in [6, 6.07) is 6.62. The number of hydrogen-bond donors (Lipinski definition) is 1. The van der Waals surface area contributed by atoms with Crippen molar-refractivity contribution in [1.82, 2.24) is 5.32 Å². The van der Waals surface area contributed by atoms with Crippen molar-refractivity contribution in [1.29, 1.82) is 0 Å². The van der Waals surface area contributed by atoms with Crippen LogP contribution in [0.5, 0.6) is 0 Å². The van der Waals surface area contributed by atoms with E-state index in [0.717, 1.165) is 6.54 Å². The fourth-order valence-corrected chi connectivity index (χ4v) is 4.48. The molecule has 1 aromatic carbocycles. The molecule has 1 aliphatic carbocycles. The van der Waals surface area contributed by atoms with E-state index in [1.165, 1.54) is 32.1 Å². The van der Waals surface area contributed by atoms with Crippen molar-refractivity contribution in [2.24, 2.45) is 5.92 Å². The molecule has 0 aromatic heterocycles. The highest BCUT2D eigenvalue weighted by atomic mass is 35.5. The van der Waals surface area contributed by atoms with Gasteiger partial charge in [-0.15, -0.1) is 0 Å². The van der Waals surface area contributed by atoms with Crippen LogP contribution in [0.3, 0.4) is 0 Å². The predicted molar refractivity (Wildman–Crippen MR) is 82.9 cm³/mol. The summed E-state index contributed by atoms with van der Waals surface area (Å²) in [7, 11) is -3.29. The van der Waals surface area contributed by atoms with Crippen LogP contribution in [0.25, 0.3) is 0 Å². The molecule has 20 heavy (non-hydrogen) atoms. The molecule has 112 valence electrons. The Morgan fingerprint density at radius 1 is 1.15 bits per heavy atom. The van der Waals surface area contributed by atoms with Gasteiger partial charge in [-0.25, -0.2) is 8.42 Å². The molecule has 2 rings (SSSR count). The topological polar surface area (TPSA) is 46.2 Å². The van der Waals surface area contributed by atoms with Gasteiger partial charge in [-0.1, -0.05) is 43.0 Å². The predicted octanol–water partition coefficient (Wildman–Crippen LogP) is 3.28. The molecular weight excluding hydrogens is 294 g/mol. The van der Waals surface area contributed by atoms with E-state index < -0.39 is 9.84 Å². The molecule has 1 saturated carbocycles. The molecule has 1 fully saturated rings. The van der Waals surface area contributed by atoms with Crippen molar-refractivity contribution >= 4 is 21.4 Å². The standard InChI is InChI=1S/C15H22ClNO2S/c16-14-8-4-5-9-15(14)20(18,19)11-10-17-12-13-6-2-1-3-7-13/h4-5,8-9,13,17H,1-3,6-7,10-12H2. The summed E-state index contributed by atoms with van der Waals surface area (Å²) in [5, 5.41) is 3.58. The monoisotopic (exact) mass is 315 g/mol. The van der Waals surface area contributed by atoms with Crippen LogP contribution in [0.15, 0.2) is 29.2 Å². The van der Waals surface area contributed by atoms with Gasteiger partial charge in [0.1, 0.15) is 0 Å². The Morgan fingerprint density at radius 2 is 1.85 bits per heavy atom. The maximum absolute atomic E-state index is 12.2. The summed E-state index contributed by atoms with van der Waals surface area (Å²) in [6.07, 6.45) is 6.50. The quantitative estimate of drug-likeness (QED) is 0.819. The Hall–Kier alpha value is -0.580. The lowest BCUT2D eigenvalue weighted by atomic mass is 9.89. The number of nitrogens with one attached hydrogen (secondary N) is 1. The second-order valence-electron chi connectivity index (χ2n) is 5.46. The maximum Gasteiger partial charge on any atom is 0.181 e. The van der Waals surface area contributed by atoms with Gasteiger partial charge in [-0.3, -0.25) is 0 Å². The molecule has 0 heterocycles. The Bertz CT molecular complexity index is 524. The third-order valence-corrected chi connectivity index (χ3v) is 6.09. The van der Waals surface area contributed by atoms with E-state index in [1.54, 1.807) is 24.3 Å². The highest BCUT2D eigenvalue weighted by molar-refractivity contribution is 7.91. The van der Waals surface area contributed by atoms with E-state index in [4.69, 9.17) is 11.6 Å². The van der Waals surface area contributed by atoms with E-state index in [9.17, 15) is 8.42 Å². The van der Waals surface area contributed by atoms with Gasteiger partial charge in [0, 0.05) is 6.54 Å². The molecule has 1 aromatic rings. The van der Waals surface area contributed by atoms with Gasteiger partial charge in [0.25, 0.3) is 0 Å². The molecule has 3 nitrogen and oxygen atoms in total. The smallest absolute Gasteiger partial charge is 0.181 e. The van der Waals surface area contributed by atoms with E-state index in [-0.39, 0.29) is 10.6 Å². The van der Waals surface area contributed by atoms with Crippen molar-refractivity contribution in [3.05, 3.63) is 29.3 Å². The molecule has 0 amide bonds. The molecule has 0 aliphatic heterocycles. The largest absolute Gasteiger partial charge is 0.315 e. The van der Waals surface area contributed by atoms with E-state index >= 15 is 0 Å². The van der Waals surface area contributed by atoms with Gasteiger partial charge >= 0.3 is 0 Å². The minimum absolute atomic E-state index is 0.101. The first-order valence-electron chi connectivity index (χ1n) is 7.27. The van der Waals surface area contributed by atoms with Gasteiger partial charge < -0.3 is 5.32 Å². The Kier molecular flexibility index (Phi) is 5.87. The zero-order valence-electron chi connectivity index (χ0n) is 11.6. The van der Waals surface area contributed by atoms with Crippen LogP contribution >= 0.6 is 11.6 Å². The minimum atomic E-state index is -3.29. The Morgan fingerprint density at radius 3 is 2.55 bits per heavy atom. The average Bonchev–Trinajstić information content (AvgIpc) is 2.45. The third-order valence-electron chi connectivity index (χ3n) is 3.88. The average molecular weight is 316 g/mol. The van der Waals surface area contributed by atoms with Crippen LogP contribution in [-0.2, 0) is 9.84 Å². The molecule has 0 bridgehead atoms. The second-order valence-corrected chi connectivity index (χ2v) is 7.94. The zero-order chi connectivity index (χ0) is 14.4. The normalized spacial score (nSPS) is 17.2. The first kappa shape index (κ1) is 15.8. The maximum atomic E-state index is 12.2. The molecule has 0 unspecified atom stereocenters. The summed E-state index contributed by atoms with van der Waals surface area (Å²) in [6.45, 7) is 1.42. The first-order chi connectivity index (χ1) is 9.59. The molecule has 1 aliphatic rings. The van der Waals surface area contributed by atoms with Gasteiger partial charge in [0.2, 0.25) is 0 Å². The first-order valence-corrected chi connectivity index (χ1v) is 9.30. The molecule has 0 atom stereocenters. The fraction of sp³-hybridized carbons (Fsp3) is 0.600. The summed E-state index contributed by atoms with van der Waals surface area (Å²) in [4.78, 5) is 0.237. The summed E-state index contributed by atoms with van der Waals surface area (Å²) in [5.41, 5.74) is 0.